The molecule has 0 radical (unpaired) electrons. The largest absolute Gasteiger partial charge is 0.384 e. The van der Waals surface area contributed by atoms with E-state index in [1.165, 1.54) is 16.9 Å². The van der Waals surface area contributed by atoms with Gasteiger partial charge in [0.15, 0.2) is 0 Å². The van der Waals surface area contributed by atoms with Gasteiger partial charge in [-0.1, -0.05) is 26.8 Å². The molecular formula is C42H59N7O5S. The van der Waals surface area contributed by atoms with Gasteiger partial charge in [-0.25, -0.2) is 15.2 Å². The van der Waals surface area contributed by atoms with Gasteiger partial charge in [0.25, 0.3) is 5.91 Å². The Hall–Kier alpha value is -3.88. The number of carbonyl (C=O) groups excluding carboxylic acids is 2. The highest BCUT2D eigenvalue weighted by molar-refractivity contribution is 7.10. The first-order valence-electron chi connectivity index (χ1n) is 19.6. The average molecular weight is 774 g/mol. The second kappa shape index (κ2) is 17.5. The molecule has 2 saturated heterocycles. The van der Waals surface area contributed by atoms with Gasteiger partial charge in [0.05, 0.1) is 47.4 Å². The number of thiazole rings is 1. The van der Waals surface area contributed by atoms with E-state index in [1.807, 2.05) is 19.2 Å². The number of pyridine rings is 1. The van der Waals surface area contributed by atoms with E-state index in [4.69, 9.17) is 24.2 Å². The van der Waals surface area contributed by atoms with E-state index in [0.717, 1.165) is 69.9 Å². The summed E-state index contributed by atoms with van der Waals surface area (Å²) in [6, 6.07) is 9.86. The van der Waals surface area contributed by atoms with E-state index >= 15 is 0 Å². The maximum absolute atomic E-state index is 14.0. The van der Waals surface area contributed by atoms with Crippen LogP contribution in [-0.2, 0) is 38.4 Å². The molecule has 13 heteroatoms. The van der Waals surface area contributed by atoms with E-state index in [1.54, 1.807) is 31.2 Å². The fourth-order valence-electron chi connectivity index (χ4n) is 8.22. The van der Waals surface area contributed by atoms with Crippen LogP contribution in [0.25, 0.3) is 33.4 Å². The molecule has 2 fully saturated rings. The molecular weight excluding hydrogens is 715 g/mol. The van der Waals surface area contributed by atoms with Crippen LogP contribution in [0.3, 0.4) is 0 Å². The first kappa shape index (κ1) is 40.8. The molecule has 12 nitrogen and oxygen atoms in total. The number of urea groups is 1. The number of rotatable bonds is 15. The first-order chi connectivity index (χ1) is 26.4. The van der Waals surface area contributed by atoms with Gasteiger partial charge in [-0.2, -0.15) is 0 Å². The summed E-state index contributed by atoms with van der Waals surface area (Å²) in [5, 5.41) is 8.76. The van der Waals surface area contributed by atoms with Crippen LogP contribution in [0.2, 0.25) is 0 Å². The Morgan fingerprint density at radius 2 is 1.95 bits per heavy atom. The number of nitrogens with one attached hydrogen (secondary N) is 2. The summed E-state index contributed by atoms with van der Waals surface area (Å²) in [5.41, 5.74) is 10.5. The highest BCUT2D eigenvalue weighted by Crippen LogP contribution is 2.42. The third-order valence-electron chi connectivity index (χ3n) is 11.1. The number of hydrazine groups is 1. The molecule has 0 unspecified atom stereocenters. The minimum absolute atomic E-state index is 0.0172. The minimum Gasteiger partial charge on any atom is -0.384 e. The summed E-state index contributed by atoms with van der Waals surface area (Å²) in [6.07, 6.45) is 4.63. The lowest BCUT2D eigenvalue weighted by molar-refractivity contribution is -0.138. The Morgan fingerprint density at radius 1 is 1.15 bits per heavy atom. The molecule has 0 spiro atoms. The van der Waals surface area contributed by atoms with Crippen LogP contribution in [0, 0.1) is 11.3 Å². The zero-order valence-corrected chi connectivity index (χ0v) is 34.8. The molecule has 0 bridgehead atoms. The van der Waals surface area contributed by atoms with Crippen molar-refractivity contribution in [1.29, 1.82) is 0 Å². The zero-order valence-electron chi connectivity index (χ0n) is 34.0. The van der Waals surface area contributed by atoms with Gasteiger partial charge in [0, 0.05) is 87.0 Å². The third-order valence-corrected chi connectivity index (χ3v) is 12.0. The summed E-state index contributed by atoms with van der Waals surface area (Å²) in [6.45, 7) is 16.0. The van der Waals surface area contributed by atoms with Crippen molar-refractivity contribution in [1.82, 2.24) is 35.2 Å². The maximum Gasteiger partial charge on any atom is 0.318 e. The van der Waals surface area contributed by atoms with Crippen LogP contribution in [0.4, 0.5) is 4.79 Å². The monoisotopic (exact) mass is 773 g/mol. The summed E-state index contributed by atoms with van der Waals surface area (Å²) in [5.74, 6) is 0.185. The van der Waals surface area contributed by atoms with Gasteiger partial charge in [-0.15, -0.1) is 11.3 Å². The van der Waals surface area contributed by atoms with Crippen LogP contribution in [0.15, 0.2) is 41.9 Å². The molecule has 298 valence electrons. The Morgan fingerprint density at radius 3 is 2.64 bits per heavy atom. The number of benzene rings is 1. The standard InChI is InChI=1S/C42H59N7O5S/c1-10-47-35-16-15-29(19-31(35)32(21-42(5,6)25-53-8)39(47)30-14-11-17-43-38(30)28(4)54-9)34-24-55-37(44-34)20-33(40(50)49-18-12-13-27(3)46-49)45-41(51)48-22-26(2)36(48)23-52-7/h11,14-17,19,24,26-28,33,36,46H,10,12-13,18,20-23,25H2,1-9H3,(H,45,51)/t26-,27-,28+,33+,36-/m1/s1. The number of aryl methyl sites for hydroxylation is 1. The molecule has 0 saturated carbocycles. The van der Waals surface area contributed by atoms with Crippen molar-refractivity contribution < 1.29 is 23.8 Å². The lowest BCUT2D eigenvalue weighted by Gasteiger charge is -2.46. The number of carbonyl (C=O) groups is 2. The van der Waals surface area contributed by atoms with Gasteiger partial charge in [0.2, 0.25) is 0 Å². The molecule has 0 aliphatic carbocycles. The smallest absolute Gasteiger partial charge is 0.318 e. The number of hydrogen-bond acceptors (Lipinski definition) is 9. The Kier molecular flexibility index (Phi) is 13.0. The average Bonchev–Trinajstić information content (AvgIpc) is 3.76. The van der Waals surface area contributed by atoms with Crippen molar-refractivity contribution >= 4 is 34.2 Å². The van der Waals surface area contributed by atoms with Gasteiger partial charge in [-0.3, -0.25) is 14.8 Å². The van der Waals surface area contributed by atoms with Crippen LogP contribution >= 0.6 is 11.3 Å². The van der Waals surface area contributed by atoms with Crippen LogP contribution in [-0.4, -0.2) is 102 Å². The summed E-state index contributed by atoms with van der Waals surface area (Å²) in [4.78, 5) is 39.3. The number of likely N-dealkylation sites (tertiary alicyclic amines) is 1. The van der Waals surface area contributed by atoms with E-state index in [-0.39, 0.29) is 42.0 Å². The molecule has 6 rings (SSSR count). The predicted molar refractivity (Wildman–Crippen MR) is 218 cm³/mol. The molecule has 4 aromatic rings. The lowest BCUT2D eigenvalue weighted by atomic mass is 9.84. The highest BCUT2D eigenvalue weighted by Gasteiger charge is 2.41. The lowest BCUT2D eigenvalue weighted by Crippen LogP contribution is -2.65. The Labute approximate surface area is 329 Å². The molecule has 5 heterocycles. The number of nitrogens with zero attached hydrogens (tertiary/aromatic N) is 5. The number of aromatic nitrogens is 3. The van der Waals surface area contributed by atoms with Gasteiger partial charge in [0.1, 0.15) is 6.04 Å². The number of methoxy groups -OCH3 is 3. The number of fused-ring (bicyclic) bond motifs is 1. The summed E-state index contributed by atoms with van der Waals surface area (Å²) < 4.78 is 19.3. The van der Waals surface area contributed by atoms with E-state index in [2.05, 4.69) is 79.6 Å². The van der Waals surface area contributed by atoms with Crippen LogP contribution < -0.4 is 10.7 Å². The summed E-state index contributed by atoms with van der Waals surface area (Å²) in [7, 11) is 5.12. The second-order valence-corrected chi connectivity index (χ2v) is 17.0. The molecule has 3 amide bonds. The SMILES string of the molecule is CCn1c(-c2cccnc2[C@H](C)OC)c(CC(C)(C)COC)c2cc(-c3csc(C[C@H](NC(=O)N4C[C@@H](C)[C@H]4COC)C(=O)N4CCC[C@@H](C)N4)n3)ccc21. The number of hydrogen-bond donors (Lipinski definition) is 2. The normalized spacial score (nSPS) is 20.1. The molecule has 2 N–H and O–H groups in total. The van der Waals surface area contributed by atoms with E-state index < -0.39 is 6.04 Å². The van der Waals surface area contributed by atoms with Crippen LogP contribution in [0.5, 0.6) is 0 Å². The fourth-order valence-corrected chi connectivity index (χ4v) is 9.07. The third kappa shape index (κ3) is 8.76. The molecule has 3 aromatic heterocycles. The molecule has 55 heavy (non-hydrogen) atoms. The van der Waals surface area contributed by atoms with Crippen LogP contribution in [0.1, 0.15) is 76.8 Å². The topological polar surface area (TPSA) is 123 Å². The molecule has 2 aliphatic rings. The van der Waals surface area contributed by atoms with Crippen molar-refractivity contribution in [2.24, 2.45) is 11.3 Å². The second-order valence-electron chi connectivity index (χ2n) is 16.0. The number of amides is 3. The zero-order chi connectivity index (χ0) is 39.4. The quantitative estimate of drug-likeness (QED) is 0.134. The van der Waals surface area contributed by atoms with Crippen molar-refractivity contribution in [3.8, 4) is 22.5 Å². The van der Waals surface area contributed by atoms with E-state index in [0.29, 0.717) is 32.2 Å². The van der Waals surface area contributed by atoms with Crippen molar-refractivity contribution in [2.75, 3.05) is 47.6 Å². The van der Waals surface area contributed by atoms with Crippen molar-refractivity contribution in [2.45, 2.75) is 98.0 Å². The first-order valence-corrected chi connectivity index (χ1v) is 20.5. The van der Waals surface area contributed by atoms with Gasteiger partial charge in [-0.05, 0) is 81.2 Å². The molecule has 5 atom stereocenters. The van der Waals surface area contributed by atoms with E-state index in [9.17, 15) is 9.59 Å². The number of ether oxygens (including phenoxy) is 3. The molecule has 2 aliphatic heterocycles. The fraction of sp³-hybridized carbons (Fsp3) is 0.571. The van der Waals surface area contributed by atoms with Crippen molar-refractivity contribution in [3.63, 3.8) is 0 Å². The van der Waals surface area contributed by atoms with Gasteiger partial charge >= 0.3 is 6.03 Å². The highest BCUT2D eigenvalue weighted by atomic mass is 32.1. The maximum atomic E-state index is 14.0. The van der Waals surface area contributed by atoms with Crippen molar-refractivity contribution in [3.05, 3.63) is 58.2 Å². The van der Waals surface area contributed by atoms with Gasteiger partial charge < -0.3 is 29.0 Å². The Balaban J connectivity index is 1.36. The predicted octanol–water partition coefficient (Wildman–Crippen LogP) is 6.87. The Bertz CT molecular complexity index is 1960. The minimum atomic E-state index is -0.773. The summed E-state index contributed by atoms with van der Waals surface area (Å²) >= 11 is 1.51. The molecule has 1 aromatic carbocycles.